The van der Waals surface area contributed by atoms with Crippen LogP contribution in [-0.4, -0.2) is 24.2 Å². The first-order valence-corrected chi connectivity index (χ1v) is 7.43. The number of nitrogens with one attached hydrogen (secondary N) is 1. The summed E-state index contributed by atoms with van der Waals surface area (Å²) in [4.78, 5) is 12.1. The summed E-state index contributed by atoms with van der Waals surface area (Å²) in [6.45, 7) is 2.18. The molecule has 1 aliphatic carbocycles. The molecule has 0 aliphatic heterocycles. The lowest BCUT2D eigenvalue weighted by molar-refractivity contribution is -0.146. The van der Waals surface area contributed by atoms with Gasteiger partial charge in [-0.1, -0.05) is 37.5 Å². The van der Waals surface area contributed by atoms with Crippen molar-refractivity contribution in [2.45, 2.75) is 50.6 Å². The molecule has 20 heavy (non-hydrogen) atoms. The summed E-state index contributed by atoms with van der Waals surface area (Å²) in [5, 5.41) is 3.51. The summed E-state index contributed by atoms with van der Waals surface area (Å²) in [6, 6.07) is 9.33. The molecule has 110 valence electrons. The number of ether oxygens (including phenoxy) is 1. The van der Waals surface area contributed by atoms with Crippen LogP contribution in [0.2, 0.25) is 0 Å². The summed E-state index contributed by atoms with van der Waals surface area (Å²) in [5.41, 5.74) is 6.85. The van der Waals surface area contributed by atoms with Crippen LogP contribution in [0.25, 0.3) is 0 Å². The third-order valence-electron chi connectivity index (χ3n) is 4.05. The van der Waals surface area contributed by atoms with E-state index in [0.717, 1.165) is 31.4 Å². The van der Waals surface area contributed by atoms with Crippen LogP contribution in [-0.2, 0) is 9.53 Å². The van der Waals surface area contributed by atoms with Gasteiger partial charge in [0.1, 0.15) is 6.04 Å². The molecule has 0 bridgehead atoms. The number of carbonyl (C=O) groups excluding carboxylic acids is 1. The summed E-state index contributed by atoms with van der Waals surface area (Å²) >= 11 is 0. The summed E-state index contributed by atoms with van der Waals surface area (Å²) in [6.07, 6.45) is 5.19. The van der Waals surface area contributed by atoms with Gasteiger partial charge in [0, 0.05) is 5.69 Å². The van der Waals surface area contributed by atoms with Gasteiger partial charge in [-0.05, 0) is 31.9 Å². The van der Waals surface area contributed by atoms with Crippen molar-refractivity contribution in [3.8, 4) is 0 Å². The van der Waals surface area contributed by atoms with Crippen LogP contribution >= 0.6 is 0 Å². The minimum absolute atomic E-state index is 0.308. The third kappa shape index (κ3) is 3.31. The Bertz CT molecular complexity index is 427. The Labute approximate surface area is 120 Å². The molecule has 0 saturated heterocycles. The zero-order valence-electron chi connectivity index (χ0n) is 12.1. The molecular formula is C16H24N2O2. The molecule has 0 heterocycles. The summed E-state index contributed by atoms with van der Waals surface area (Å²) in [5.74, 6) is -0.308. The Kier molecular flexibility index (Phi) is 5.01. The number of para-hydroxylation sites is 1. The fourth-order valence-electron chi connectivity index (χ4n) is 2.96. The number of esters is 1. The largest absolute Gasteiger partial charge is 0.465 e. The van der Waals surface area contributed by atoms with Gasteiger partial charge in [-0.2, -0.15) is 0 Å². The Morgan fingerprint density at radius 3 is 2.55 bits per heavy atom. The summed E-state index contributed by atoms with van der Waals surface area (Å²) in [7, 11) is 0. The maximum Gasteiger partial charge on any atom is 0.325 e. The van der Waals surface area contributed by atoms with Gasteiger partial charge in [0.25, 0.3) is 0 Å². The molecule has 3 N–H and O–H groups in total. The number of hydrogen-bond acceptors (Lipinski definition) is 4. The fourth-order valence-corrected chi connectivity index (χ4v) is 2.96. The van der Waals surface area contributed by atoms with Crippen LogP contribution in [0.3, 0.4) is 0 Å². The maximum atomic E-state index is 12.1. The van der Waals surface area contributed by atoms with Crippen molar-refractivity contribution in [3.05, 3.63) is 30.3 Å². The van der Waals surface area contributed by atoms with E-state index < -0.39 is 6.04 Å². The van der Waals surface area contributed by atoms with Gasteiger partial charge in [0.2, 0.25) is 0 Å². The van der Waals surface area contributed by atoms with Gasteiger partial charge in [-0.15, -0.1) is 0 Å². The highest BCUT2D eigenvalue weighted by Gasteiger charge is 2.42. The average molecular weight is 276 g/mol. The van der Waals surface area contributed by atoms with E-state index in [0.29, 0.717) is 6.61 Å². The highest BCUT2D eigenvalue weighted by atomic mass is 16.5. The lowest BCUT2D eigenvalue weighted by Gasteiger charge is -2.42. The number of rotatable bonds is 5. The zero-order valence-corrected chi connectivity index (χ0v) is 12.1. The molecule has 2 rings (SSSR count). The van der Waals surface area contributed by atoms with E-state index in [2.05, 4.69) is 5.32 Å². The second-order valence-electron chi connectivity index (χ2n) is 5.44. The van der Waals surface area contributed by atoms with E-state index in [1.807, 2.05) is 37.3 Å². The fraction of sp³-hybridized carbons (Fsp3) is 0.562. The molecule has 1 fully saturated rings. The SMILES string of the molecule is CCOC(=O)C(N)C1(Nc2ccccc2)CCCCC1. The number of hydrogen-bond donors (Lipinski definition) is 2. The predicted octanol–water partition coefficient (Wildman–Crippen LogP) is 2.69. The van der Waals surface area contributed by atoms with Crippen molar-refractivity contribution in [1.29, 1.82) is 0 Å². The van der Waals surface area contributed by atoms with Crippen LogP contribution in [0.5, 0.6) is 0 Å². The van der Waals surface area contributed by atoms with E-state index in [1.165, 1.54) is 6.42 Å². The van der Waals surface area contributed by atoms with Crippen LogP contribution in [0.4, 0.5) is 5.69 Å². The maximum absolute atomic E-state index is 12.1. The predicted molar refractivity (Wildman–Crippen MR) is 80.5 cm³/mol. The Hall–Kier alpha value is -1.55. The van der Waals surface area contributed by atoms with Crippen LogP contribution < -0.4 is 11.1 Å². The van der Waals surface area contributed by atoms with Crippen molar-refractivity contribution in [2.75, 3.05) is 11.9 Å². The standard InChI is InChI=1S/C16H24N2O2/c1-2-20-15(19)14(17)16(11-7-4-8-12-16)18-13-9-5-3-6-10-13/h3,5-6,9-10,14,18H,2,4,7-8,11-12,17H2,1H3. The van der Waals surface area contributed by atoms with E-state index in [-0.39, 0.29) is 11.5 Å². The molecule has 1 saturated carbocycles. The first kappa shape index (κ1) is 14.9. The highest BCUT2D eigenvalue weighted by molar-refractivity contribution is 5.78. The van der Waals surface area contributed by atoms with E-state index in [1.54, 1.807) is 0 Å². The van der Waals surface area contributed by atoms with Crippen molar-refractivity contribution >= 4 is 11.7 Å². The van der Waals surface area contributed by atoms with Gasteiger partial charge in [0.05, 0.1) is 12.1 Å². The molecule has 4 heteroatoms. The second-order valence-corrected chi connectivity index (χ2v) is 5.44. The van der Waals surface area contributed by atoms with Crippen molar-refractivity contribution in [3.63, 3.8) is 0 Å². The molecule has 0 radical (unpaired) electrons. The van der Waals surface area contributed by atoms with Gasteiger partial charge in [-0.3, -0.25) is 4.79 Å². The van der Waals surface area contributed by atoms with Crippen LogP contribution in [0, 0.1) is 0 Å². The first-order chi connectivity index (χ1) is 9.68. The normalized spacial score (nSPS) is 19.1. The van der Waals surface area contributed by atoms with Gasteiger partial charge in [0.15, 0.2) is 0 Å². The van der Waals surface area contributed by atoms with E-state index in [4.69, 9.17) is 10.5 Å². The molecule has 1 aromatic rings. The lowest BCUT2D eigenvalue weighted by atomic mass is 9.76. The van der Waals surface area contributed by atoms with E-state index in [9.17, 15) is 4.79 Å². The molecule has 0 amide bonds. The minimum Gasteiger partial charge on any atom is -0.465 e. The zero-order chi connectivity index (χ0) is 14.4. The third-order valence-corrected chi connectivity index (χ3v) is 4.05. The Morgan fingerprint density at radius 2 is 1.95 bits per heavy atom. The molecule has 1 aliphatic rings. The summed E-state index contributed by atoms with van der Waals surface area (Å²) < 4.78 is 5.12. The van der Waals surface area contributed by atoms with Crippen molar-refractivity contribution in [1.82, 2.24) is 0 Å². The van der Waals surface area contributed by atoms with Crippen LogP contribution in [0.15, 0.2) is 30.3 Å². The topological polar surface area (TPSA) is 64.3 Å². The number of carbonyl (C=O) groups is 1. The average Bonchev–Trinajstić information content (AvgIpc) is 2.48. The number of benzene rings is 1. The Morgan fingerprint density at radius 1 is 1.30 bits per heavy atom. The van der Waals surface area contributed by atoms with Gasteiger partial charge in [-0.25, -0.2) is 0 Å². The van der Waals surface area contributed by atoms with Gasteiger partial charge < -0.3 is 15.8 Å². The molecule has 1 atom stereocenters. The molecular weight excluding hydrogens is 252 g/mol. The molecule has 1 aromatic carbocycles. The van der Waals surface area contributed by atoms with Crippen molar-refractivity contribution < 1.29 is 9.53 Å². The van der Waals surface area contributed by atoms with Crippen molar-refractivity contribution in [2.24, 2.45) is 5.73 Å². The monoisotopic (exact) mass is 276 g/mol. The number of anilines is 1. The van der Waals surface area contributed by atoms with E-state index >= 15 is 0 Å². The molecule has 0 spiro atoms. The smallest absolute Gasteiger partial charge is 0.325 e. The molecule has 0 aromatic heterocycles. The van der Waals surface area contributed by atoms with Crippen LogP contribution in [0.1, 0.15) is 39.0 Å². The second kappa shape index (κ2) is 6.75. The Balaban J connectivity index is 2.18. The quantitative estimate of drug-likeness (QED) is 0.812. The minimum atomic E-state index is -0.622. The lowest BCUT2D eigenvalue weighted by Crippen LogP contribution is -2.59. The molecule has 1 unspecified atom stereocenters. The van der Waals surface area contributed by atoms with Gasteiger partial charge >= 0.3 is 5.97 Å². The molecule has 4 nitrogen and oxygen atoms in total. The highest BCUT2D eigenvalue weighted by Crippen LogP contribution is 2.34. The number of nitrogens with two attached hydrogens (primary N) is 1. The first-order valence-electron chi connectivity index (χ1n) is 7.43.